The minimum Gasteiger partial charge on any atom is -0.487 e. The molecule has 0 amide bonds. The van der Waals surface area contributed by atoms with Crippen molar-refractivity contribution in [2.75, 3.05) is 0 Å². The van der Waals surface area contributed by atoms with Gasteiger partial charge < -0.3 is 4.74 Å². The molecule has 0 aliphatic heterocycles. The molecular formula is C20H20ClNOS. The van der Waals surface area contributed by atoms with E-state index in [4.69, 9.17) is 16.3 Å². The molecule has 24 heavy (non-hydrogen) atoms. The number of thiazole rings is 1. The molecule has 4 heteroatoms. The van der Waals surface area contributed by atoms with Crippen LogP contribution >= 0.6 is 22.9 Å². The third-order valence-corrected chi connectivity index (χ3v) is 4.88. The van der Waals surface area contributed by atoms with Crippen LogP contribution in [0.5, 0.6) is 5.75 Å². The molecule has 1 aromatic heterocycles. The second kappa shape index (κ2) is 6.96. The number of nitrogens with zero attached hydrogens (tertiary/aromatic N) is 1. The third-order valence-electron chi connectivity index (χ3n) is 3.71. The van der Waals surface area contributed by atoms with E-state index < -0.39 is 0 Å². The van der Waals surface area contributed by atoms with E-state index >= 15 is 0 Å². The average molecular weight is 358 g/mol. The fourth-order valence-corrected chi connectivity index (χ4v) is 3.71. The van der Waals surface area contributed by atoms with Gasteiger partial charge in [0.1, 0.15) is 12.4 Å². The molecule has 0 radical (unpaired) electrons. The monoisotopic (exact) mass is 357 g/mol. The van der Waals surface area contributed by atoms with Crippen LogP contribution in [0.15, 0.2) is 54.0 Å². The second-order valence-electron chi connectivity index (χ2n) is 6.70. The van der Waals surface area contributed by atoms with Crippen LogP contribution in [0.2, 0.25) is 5.02 Å². The van der Waals surface area contributed by atoms with Gasteiger partial charge in [0.05, 0.1) is 21.1 Å². The standard InChI is InChI=1S/C20H20ClNOS/c1-20(2,3)19-18(24-13-22-19)15-9-10-17(16(21)11-15)23-12-14-7-5-4-6-8-14/h4-11,13H,12H2,1-3H3. The molecular weight excluding hydrogens is 338 g/mol. The highest BCUT2D eigenvalue weighted by Gasteiger charge is 2.22. The maximum Gasteiger partial charge on any atom is 0.138 e. The highest BCUT2D eigenvalue weighted by Crippen LogP contribution is 2.38. The number of halogens is 1. The summed E-state index contributed by atoms with van der Waals surface area (Å²) in [6.07, 6.45) is 0. The molecule has 2 aromatic carbocycles. The first-order valence-electron chi connectivity index (χ1n) is 7.86. The lowest BCUT2D eigenvalue weighted by molar-refractivity contribution is 0.306. The first kappa shape index (κ1) is 17.0. The summed E-state index contributed by atoms with van der Waals surface area (Å²) in [4.78, 5) is 5.70. The fraction of sp³-hybridized carbons (Fsp3) is 0.250. The maximum absolute atomic E-state index is 6.44. The molecule has 0 fully saturated rings. The van der Waals surface area contributed by atoms with Crippen molar-refractivity contribution in [3.05, 3.63) is 70.3 Å². The number of ether oxygens (including phenoxy) is 1. The van der Waals surface area contributed by atoms with Crippen LogP contribution in [0, 0.1) is 0 Å². The van der Waals surface area contributed by atoms with Crippen molar-refractivity contribution >= 4 is 22.9 Å². The normalized spacial score (nSPS) is 11.5. The zero-order chi connectivity index (χ0) is 17.2. The van der Waals surface area contributed by atoms with Crippen molar-refractivity contribution < 1.29 is 4.74 Å². The van der Waals surface area contributed by atoms with Gasteiger partial charge in [-0.05, 0) is 29.3 Å². The summed E-state index contributed by atoms with van der Waals surface area (Å²) in [5, 5.41) is 0.622. The lowest BCUT2D eigenvalue weighted by Gasteiger charge is -2.18. The van der Waals surface area contributed by atoms with Crippen LogP contribution in [0.1, 0.15) is 32.0 Å². The summed E-state index contributed by atoms with van der Waals surface area (Å²) in [6.45, 7) is 7.02. The third kappa shape index (κ3) is 3.80. The number of benzene rings is 2. The Morgan fingerprint density at radius 1 is 1.08 bits per heavy atom. The Bertz CT molecular complexity index is 821. The van der Waals surface area contributed by atoms with Gasteiger partial charge in [-0.25, -0.2) is 4.98 Å². The summed E-state index contributed by atoms with van der Waals surface area (Å²) in [5.41, 5.74) is 5.20. The Kier molecular flexibility index (Phi) is 4.93. The molecule has 0 saturated carbocycles. The highest BCUT2D eigenvalue weighted by atomic mass is 35.5. The van der Waals surface area contributed by atoms with E-state index in [0.29, 0.717) is 17.4 Å². The van der Waals surface area contributed by atoms with Crippen LogP contribution < -0.4 is 4.74 Å². The number of aromatic nitrogens is 1. The molecule has 3 aromatic rings. The largest absolute Gasteiger partial charge is 0.487 e. The molecule has 0 aliphatic carbocycles. The van der Waals surface area contributed by atoms with E-state index in [2.05, 4.69) is 31.8 Å². The lowest BCUT2D eigenvalue weighted by Crippen LogP contribution is -2.12. The lowest BCUT2D eigenvalue weighted by atomic mass is 9.90. The average Bonchev–Trinajstić information content (AvgIpc) is 3.04. The number of hydrogen-bond donors (Lipinski definition) is 0. The van der Waals surface area contributed by atoms with Gasteiger partial charge in [-0.2, -0.15) is 0 Å². The fourth-order valence-electron chi connectivity index (χ4n) is 2.48. The first-order valence-corrected chi connectivity index (χ1v) is 9.11. The van der Waals surface area contributed by atoms with Crippen LogP contribution in [-0.2, 0) is 12.0 Å². The van der Waals surface area contributed by atoms with Crippen molar-refractivity contribution in [2.45, 2.75) is 32.8 Å². The summed E-state index contributed by atoms with van der Waals surface area (Å²) < 4.78 is 5.85. The van der Waals surface area contributed by atoms with Crippen molar-refractivity contribution in [1.82, 2.24) is 4.98 Å². The van der Waals surface area contributed by atoms with Crippen molar-refractivity contribution in [3.8, 4) is 16.2 Å². The van der Waals surface area contributed by atoms with Gasteiger partial charge in [0.15, 0.2) is 0 Å². The summed E-state index contributed by atoms with van der Waals surface area (Å²) >= 11 is 8.08. The van der Waals surface area contributed by atoms with Gasteiger partial charge in [0.2, 0.25) is 0 Å². The molecule has 3 rings (SSSR count). The zero-order valence-corrected chi connectivity index (χ0v) is 15.6. The molecule has 0 unspecified atom stereocenters. The van der Waals surface area contributed by atoms with E-state index in [1.807, 2.05) is 48.0 Å². The molecule has 0 saturated heterocycles. The van der Waals surface area contributed by atoms with Crippen molar-refractivity contribution in [1.29, 1.82) is 0 Å². The van der Waals surface area contributed by atoms with E-state index in [1.54, 1.807) is 11.3 Å². The van der Waals surface area contributed by atoms with Gasteiger partial charge >= 0.3 is 0 Å². The predicted molar refractivity (Wildman–Crippen MR) is 102 cm³/mol. The van der Waals surface area contributed by atoms with Crippen LogP contribution in [0.25, 0.3) is 10.4 Å². The molecule has 0 aliphatic rings. The molecule has 0 bridgehead atoms. The Balaban J connectivity index is 1.82. The predicted octanol–water partition coefficient (Wildman–Crippen LogP) is 6.34. The zero-order valence-electron chi connectivity index (χ0n) is 14.0. The summed E-state index contributed by atoms with van der Waals surface area (Å²) in [5.74, 6) is 0.700. The minimum atomic E-state index is 0.00426. The van der Waals surface area contributed by atoms with Gasteiger partial charge in [0.25, 0.3) is 0 Å². The molecule has 1 heterocycles. The summed E-state index contributed by atoms with van der Waals surface area (Å²) in [6, 6.07) is 16.0. The second-order valence-corrected chi connectivity index (χ2v) is 7.96. The Labute approximate surface area is 152 Å². The first-order chi connectivity index (χ1) is 11.4. The molecule has 0 atom stereocenters. The molecule has 0 N–H and O–H groups in total. The molecule has 2 nitrogen and oxygen atoms in total. The van der Waals surface area contributed by atoms with Crippen molar-refractivity contribution in [3.63, 3.8) is 0 Å². The topological polar surface area (TPSA) is 22.1 Å². The van der Waals surface area contributed by atoms with E-state index in [-0.39, 0.29) is 5.41 Å². The van der Waals surface area contributed by atoms with Gasteiger partial charge in [-0.15, -0.1) is 11.3 Å². The molecule has 124 valence electrons. The smallest absolute Gasteiger partial charge is 0.138 e. The van der Waals surface area contributed by atoms with Crippen LogP contribution in [-0.4, -0.2) is 4.98 Å². The Morgan fingerprint density at radius 3 is 2.50 bits per heavy atom. The van der Waals surface area contributed by atoms with Gasteiger partial charge in [-0.1, -0.05) is 62.7 Å². The Hall–Kier alpha value is -1.84. The summed E-state index contributed by atoms with van der Waals surface area (Å²) in [7, 11) is 0. The Morgan fingerprint density at radius 2 is 1.83 bits per heavy atom. The van der Waals surface area contributed by atoms with Crippen LogP contribution in [0.3, 0.4) is 0 Å². The van der Waals surface area contributed by atoms with Gasteiger partial charge in [0, 0.05) is 5.41 Å². The maximum atomic E-state index is 6.44. The van der Waals surface area contributed by atoms with E-state index in [0.717, 1.165) is 16.8 Å². The van der Waals surface area contributed by atoms with E-state index in [9.17, 15) is 0 Å². The van der Waals surface area contributed by atoms with Gasteiger partial charge in [-0.3, -0.25) is 0 Å². The van der Waals surface area contributed by atoms with Crippen LogP contribution in [0.4, 0.5) is 0 Å². The quantitative estimate of drug-likeness (QED) is 0.543. The minimum absolute atomic E-state index is 0.00426. The van der Waals surface area contributed by atoms with Crippen molar-refractivity contribution in [2.24, 2.45) is 0 Å². The SMILES string of the molecule is CC(C)(C)c1ncsc1-c1ccc(OCc2ccccc2)c(Cl)c1. The number of hydrogen-bond acceptors (Lipinski definition) is 3. The molecule has 0 spiro atoms. The van der Waals surface area contributed by atoms with E-state index in [1.165, 1.54) is 4.88 Å². The highest BCUT2D eigenvalue weighted by molar-refractivity contribution is 7.13. The number of rotatable bonds is 4.